The molecule has 3 N–H and O–H groups in total. The molecule has 6 heteroatoms. The predicted octanol–water partition coefficient (Wildman–Crippen LogP) is 0.914. The smallest absolute Gasteiger partial charge is 0.226 e. The molecule has 1 unspecified atom stereocenters. The lowest BCUT2D eigenvalue weighted by molar-refractivity contribution is -0.121. The van der Waals surface area contributed by atoms with Crippen molar-refractivity contribution in [3.63, 3.8) is 0 Å². The van der Waals surface area contributed by atoms with E-state index in [0.29, 0.717) is 24.5 Å². The molecule has 1 aliphatic rings. The lowest BCUT2D eigenvalue weighted by Gasteiger charge is -2.24. The van der Waals surface area contributed by atoms with E-state index in [0.717, 1.165) is 18.4 Å². The minimum atomic E-state index is -0.412. The first-order valence-corrected chi connectivity index (χ1v) is 6.30. The van der Waals surface area contributed by atoms with Gasteiger partial charge in [-0.25, -0.2) is 0 Å². The van der Waals surface area contributed by atoms with Gasteiger partial charge in [0.15, 0.2) is 0 Å². The summed E-state index contributed by atoms with van der Waals surface area (Å²) in [7, 11) is 1.84. The molecule has 18 heavy (non-hydrogen) atoms. The van der Waals surface area contributed by atoms with Crippen molar-refractivity contribution in [2.45, 2.75) is 19.3 Å². The topological polar surface area (TPSA) is 75.4 Å². The quantitative estimate of drug-likeness (QED) is 0.428. The normalized spacial score (nSPS) is 20.0. The molecule has 0 aromatic rings. The number of allylic oxidation sites excluding steroid dienone is 2. The maximum Gasteiger partial charge on any atom is 0.226 e. The van der Waals surface area contributed by atoms with Gasteiger partial charge in [0.1, 0.15) is 0 Å². The zero-order chi connectivity index (χ0) is 13.5. The van der Waals surface area contributed by atoms with E-state index in [9.17, 15) is 9.59 Å². The lowest BCUT2D eigenvalue weighted by atomic mass is 9.86. The van der Waals surface area contributed by atoms with Crippen LogP contribution in [0.2, 0.25) is 0 Å². The number of carbonyl (C=O) groups is 2. The monoisotopic (exact) mass is 271 g/mol. The van der Waals surface area contributed by atoms with E-state index in [2.05, 4.69) is 5.32 Å². The van der Waals surface area contributed by atoms with Crippen LogP contribution in [0.4, 0.5) is 0 Å². The Morgan fingerprint density at radius 1 is 1.67 bits per heavy atom. The summed E-state index contributed by atoms with van der Waals surface area (Å²) in [5, 5.41) is 2.60. The van der Waals surface area contributed by atoms with Crippen LogP contribution in [0.25, 0.3) is 0 Å². The fraction of sp³-hybridized carbons (Fsp3) is 0.500. The van der Waals surface area contributed by atoms with Crippen molar-refractivity contribution in [1.82, 2.24) is 10.2 Å². The van der Waals surface area contributed by atoms with Crippen LogP contribution in [-0.2, 0) is 9.59 Å². The first kappa shape index (κ1) is 14.6. The molecule has 1 aliphatic carbocycles. The molecule has 0 saturated carbocycles. The Bertz CT molecular complexity index is 380. The number of hydrogen-bond acceptors (Lipinski definition) is 3. The minimum absolute atomic E-state index is 0.374. The van der Waals surface area contributed by atoms with Crippen LogP contribution in [0.15, 0.2) is 23.5 Å². The summed E-state index contributed by atoms with van der Waals surface area (Å²) in [6, 6.07) is 0.374. The van der Waals surface area contributed by atoms with Gasteiger partial charge in [0.2, 0.25) is 12.3 Å². The van der Waals surface area contributed by atoms with Crippen LogP contribution < -0.4 is 11.1 Å². The Morgan fingerprint density at radius 3 is 2.94 bits per heavy atom. The van der Waals surface area contributed by atoms with Crippen molar-refractivity contribution in [2.75, 3.05) is 13.1 Å². The van der Waals surface area contributed by atoms with Crippen molar-refractivity contribution in [3.05, 3.63) is 23.5 Å². The maximum atomic E-state index is 11.4. The number of nitrogens with one attached hydrogen (secondary N) is 1. The summed E-state index contributed by atoms with van der Waals surface area (Å²) in [5.41, 5.74) is 6.89. The van der Waals surface area contributed by atoms with Crippen molar-refractivity contribution in [2.24, 2.45) is 11.7 Å². The summed E-state index contributed by atoms with van der Waals surface area (Å²) in [6.45, 7) is 0. The number of amides is 2. The number of hydrogen-bond donors (Lipinski definition) is 2. The Labute approximate surface area is 112 Å². The third-order valence-electron chi connectivity index (χ3n) is 2.91. The predicted molar refractivity (Wildman–Crippen MR) is 70.4 cm³/mol. The van der Waals surface area contributed by atoms with Gasteiger partial charge < -0.3 is 16.0 Å². The number of nitrogens with two attached hydrogens (primary N) is 1. The first-order valence-electron chi connectivity index (χ1n) is 5.77. The van der Waals surface area contributed by atoms with E-state index < -0.39 is 11.8 Å². The Morgan fingerprint density at radius 2 is 2.39 bits per heavy atom. The summed E-state index contributed by atoms with van der Waals surface area (Å²) < 4.78 is 0. The van der Waals surface area contributed by atoms with Crippen LogP contribution in [-0.4, -0.2) is 30.3 Å². The molecule has 0 aromatic carbocycles. The lowest BCUT2D eigenvalue weighted by Crippen LogP contribution is -2.33. The number of halogens is 1. The van der Waals surface area contributed by atoms with E-state index in [1.807, 2.05) is 19.3 Å². The van der Waals surface area contributed by atoms with Gasteiger partial charge in [0, 0.05) is 18.9 Å². The molecule has 1 rings (SSSR count). The number of rotatable bonds is 6. The highest BCUT2D eigenvalue weighted by Crippen LogP contribution is 2.29. The maximum absolute atomic E-state index is 11.4. The van der Waals surface area contributed by atoms with Gasteiger partial charge in [-0.05, 0) is 30.9 Å². The average molecular weight is 272 g/mol. The van der Waals surface area contributed by atoms with Gasteiger partial charge in [-0.2, -0.15) is 0 Å². The molecule has 5 nitrogen and oxygen atoms in total. The van der Waals surface area contributed by atoms with Gasteiger partial charge >= 0.3 is 0 Å². The first-order chi connectivity index (χ1) is 8.60. The van der Waals surface area contributed by atoms with Crippen molar-refractivity contribution < 1.29 is 9.59 Å². The van der Waals surface area contributed by atoms with Crippen LogP contribution in [0.5, 0.6) is 0 Å². The SMILES string of the molecule is CN(/C=C\C1=C(NC=O)C(C(N)=O)CCC1)CCl. The standard InChI is InChI=1S/C12H18ClN3O2/c1-16(7-13)6-5-9-3-2-4-10(12(14)18)11(9)15-8-17/h5-6,8,10H,2-4,7H2,1H3,(H2,14,18)(H,15,17)/b6-5-. The molecule has 0 fully saturated rings. The van der Waals surface area contributed by atoms with Gasteiger partial charge in [-0.15, -0.1) is 11.6 Å². The zero-order valence-corrected chi connectivity index (χ0v) is 11.1. The molecule has 0 heterocycles. The number of primary amides is 1. The highest BCUT2D eigenvalue weighted by molar-refractivity contribution is 6.17. The van der Waals surface area contributed by atoms with Crippen molar-refractivity contribution >= 4 is 23.9 Å². The summed E-state index contributed by atoms with van der Waals surface area (Å²) in [5.74, 6) is -0.819. The second-order valence-electron chi connectivity index (χ2n) is 4.24. The van der Waals surface area contributed by atoms with Crippen molar-refractivity contribution in [3.8, 4) is 0 Å². The van der Waals surface area contributed by atoms with Crippen LogP contribution in [0.1, 0.15) is 19.3 Å². The summed E-state index contributed by atoms with van der Waals surface area (Å²) >= 11 is 5.66. The number of nitrogens with zero attached hydrogens (tertiary/aromatic N) is 1. The molecule has 0 aliphatic heterocycles. The molecule has 0 bridgehead atoms. The molecule has 0 radical (unpaired) electrons. The van der Waals surface area contributed by atoms with Crippen LogP contribution in [0, 0.1) is 5.92 Å². The van der Waals surface area contributed by atoms with E-state index in [4.69, 9.17) is 17.3 Å². The molecule has 2 amide bonds. The highest BCUT2D eigenvalue weighted by Gasteiger charge is 2.26. The fourth-order valence-electron chi connectivity index (χ4n) is 1.97. The van der Waals surface area contributed by atoms with Gasteiger partial charge in [0.05, 0.1) is 11.9 Å². The molecule has 0 aromatic heterocycles. The molecule has 0 spiro atoms. The zero-order valence-electron chi connectivity index (χ0n) is 10.4. The molecular weight excluding hydrogens is 254 g/mol. The molecule has 0 saturated heterocycles. The number of alkyl halides is 1. The summed E-state index contributed by atoms with van der Waals surface area (Å²) in [6.07, 6.45) is 6.62. The van der Waals surface area contributed by atoms with Crippen LogP contribution in [0.3, 0.4) is 0 Å². The van der Waals surface area contributed by atoms with E-state index in [1.165, 1.54) is 0 Å². The Kier molecular flexibility index (Phi) is 5.71. The van der Waals surface area contributed by atoms with Crippen molar-refractivity contribution in [1.29, 1.82) is 0 Å². The van der Waals surface area contributed by atoms with E-state index >= 15 is 0 Å². The van der Waals surface area contributed by atoms with E-state index in [1.54, 1.807) is 4.90 Å². The summed E-state index contributed by atoms with van der Waals surface area (Å²) in [4.78, 5) is 23.8. The molecule has 100 valence electrons. The third kappa shape index (κ3) is 3.77. The van der Waals surface area contributed by atoms with Gasteiger partial charge in [0.25, 0.3) is 0 Å². The van der Waals surface area contributed by atoms with E-state index in [-0.39, 0.29) is 0 Å². The average Bonchev–Trinajstić information content (AvgIpc) is 2.36. The Hall–Kier alpha value is -1.49. The second kappa shape index (κ2) is 7.06. The van der Waals surface area contributed by atoms with Crippen LogP contribution >= 0.6 is 11.6 Å². The minimum Gasteiger partial charge on any atom is -0.369 e. The Balaban J connectivity index is 2.99. The highest BCUT2D eigenvalue weighted by atomic mass is 35.5. The third-order valence-corrected chi connectivity index (χ3v) is 3.29. The number of carbonyl (C=O) groups excluding carboxylic acids is 2. The molecular formula is C12H18ClN3O2. The largest absolute Gasteiger partial charge is 0.369 e. The second-order valence-corrected chi connectivity index (χ2v) is 4.48. The van der Waals surface area contributed by atoms with Gasteiger partial charge in [-0.3, -0.25) is 9.59 Å². The molecule has 1 atom stereocenters. The fourth-order valence-corrected chi connectivity index (χ4v) is 2.05. The van der Waals surface area contributed by atoms with Gasteiger partial charge in [-0.1, -0.05) is 0 Å².